The largest absolute Gasteiger partial charge is 0.441 e. The quantitative estimate of drug-likeness (QED) is 0.785. The Morgan fingerprint density at radius 1 is 1.36 bits per heavy atom. The molecule has 5 heteroatoms. The number of aliphatic hydroxyl groups is 1. The summed E-state index contributed by atoms with van der Waals surface area (Å²) in [6.07, 6.45) is 3.47. The number of nitrogens with zero attached hydrogens (tertiary/aromatic N) is 1. The highest BCUT2D eigenvalue weighted by atomic mass is 16.4. The number of carbonyl (C=O) groups excluding carboxylic acids is 1. The van der Waals surface area contributed by atoms with Crippen molar-refractivity contribution in [1.82, 2.24) is 10.3 Å². The highest BCUT2D eigenvalue weighted by Gasteiger charge is 2.08. The van der Waals surface area contributed by atoms with Crippen molar-refractivity contribution in [2.75, 3.05) is 13.2 Å². The lowest BCUT2D eigenvalue weighted by Crippen LogP contribution is -2.29. The van der Waals surface area contributed by atoms with Gasteiger partial charge in [-0.1, -0.05) is 37.3 Å². The molecule has 1 aromatic heterocycles. The summed E-state index contributed by atoms with van der Waals surface area (Å²) in [6, 6.07) is 9.81. The van der Waals surface area contributed by atoms with Gasteiger partial charge in [0.25, 0.3) is 0 Å². The van der Waals surface area contributed by atoms with Crippen molar-refractivity contribution < 1.29 is 14.3 Å². The Morgan fingerprint density at radius 3 is 2.86 bits per heavy atom. The molecule has 0 saturated carbocycles. The summed E-state index contributed by atoms with van der Waals surface area (Å²) in [7, 11) is 0. The van der Waals surface area contributed by atoms with E-state index in [9.17, 15) is 4.79 Å². The molecule has 5 nitrogen and oxygen atoms in total. The lowest BCUT2D eigenvalue weighted by molar-refractivity contribution is -0.121. The van der Waals surface area contributed by atoms with E-state index in [1.165, 1.54) is 0 Å². The Bertz CT molecular complexity index is 581. The second kappa shape index (κ2) is 8.34. The lowest BCUT2D eigenvalue weighted by atomic mass is 10.2. The first-order valence-electron chi connectivity index (χ1n) is 7.56. The summed E-state index contributed by atoms with van der Waals surface area (Å²) >= 11 is 0. The molecule has 1 atom stereocenters. The van der Waals surface area contributed by atoms with Gasteiger partial charge in [0.2, 0.25) is 5.91 Å². The molecule has 0 aliphatic heterocycles. The van der Waals surface area contributed by atoms with Gasteiger partial charge < -0.3 is 14.8 Å². The molecule has 2 aromatic rings. The predicted molar refractivity (Wildman–Crippen MR) is 84.1 cm³/mol. The average Bonchev–Trinajstić information content (AvgIpc) is 3.02. The number of amides is 1. The van der Waals surface area contributed by atoms with Gasteiger partial charge in [-0.15, -0.1) is 0 Å². The Balaban J connectivity index is 1.74. The third-order valence-corrected chi connectivity index (χ3v) is 3.37. The van der Waals surface area contributed by atoms with Gasteiger partial charge in [-0.2, -0.15) is 0 Å². The Kier molecular flexibility index (Phi) is 6.15. The second-order valence-electron chi connectivity index (χ2n) is 5.43. The smallest absolute Gasteiger partial charge is 0.220 e. The van der Waals surface area contributed by atoms with Crippen LogP contribution in [-0.4, -0.2) is 29.1 Å². The van der Waals surface area contributed by atoms with E-state index in [0.29, 0.717) is 31.7 Å². The Labute approximate surface area is 130 Å². The normalized spacial score (nSPS) is 12.1. The first kappa shape index (κ1) is 16.2. The summed E-state index contributed by atoms with van der Waals surface area (Å²) < 4.78 is 5.69. The molecule has 22 heavy (non-hydrogen) atoms. The molecular weight excluding hydrogens is 280 g/mol. The number of aromatic nitrogens is 1. The fourth-order valence-corrected chi connectivity index (χ4v) is 2.00. The number of hydrogen-bond acceptors (Lipinski definition) is 4. The van der Waals surface area contributed by atoms with Crippen LogP contribution < -0.4 is 5.32 Å². The maximum Gasteiger partial charge on any atom is 0.220 e. The minimum absolute atomic E-state index is 0.00450. The number of aryl methyl sites for hydroxylation is 1. The number of benzene rings is 1. The molecule has 1 aromatic carbocycles. The monoisotopic (exact) mass is 302 g/mol. The van der Waals surface area contributed by atoms with E-state index in [1.807, 2.05) is 37.3 Å². The number of oxazole rings is 1. The average molecular weight is 302 g/mol. The molecule has 0 aliphatic rings. The molecule has 0 saturated heterocycles. The number of carbonyl (C=O) groups is 1. The van der Waals surface area contributed by atoms with Crippen LogP contribution in [0.3, 0.4) is 0 Å². The predicted octanol–water partition coefficient (Wildman–Crippen LogP) is 2.41. The third-order valence-electron chi connectivity index (χ3n) is 3.37. The molecule has 2 N–H and O–H groups in total. The molecular formula is C17H22N2O3. The van der Waals surface area contributed by atoms with Crippen LogP contribution >= 0.6 is 0 Å². The van der Waals surface area contributed by atoms with Crippen molar-refractivity contribution >= 4 is 5.91 Å². The summed E-state index contributed by atoms with van der Waals surface area (Å²) in [4.78, 5) is 15.9. The molecule has 0 spiro atoms. The van der Waals surface area contributed by atoms with Crippen LogP contribution in [-0.2, 0) is 11.2 Å². The first-order chi connectivity index (χ1) is 10.7. The molecule has 2 rings (SSSR count). The van der Waals surface area contributed by atoms with Gasteiger partial charge in [0.1, 0.15) is 0 Å². The van der Waals surface area contributed by atoms with Gasteiger partial charge in [-0.3, -0.25) is 4.79 Å². The van der Waals surface area contributed by atoms with Gasteiger partial charge in [-0.05, 0) is 12.3 Å². The first-order valence-corrected chi connectivity index (χ1v) is 7.56. The zero-order valence-corrected chi connectivity index (χ0v) is 12.8. The zero-order chi connectivity index (χ0) is 15.8. The highest BCUT2D eigenvalue weighted by molar-refractivity contribution is 5.75. The second-order valence-corrected chi connectivity index (χ2v) is 5.43. The van der Waals surface area contributed by atoms with Crippen LogP contribution in [0.4, 0.5) is 0 Å². The number of hydrogen-bond donors (Lipinski definition) is 2. The fraction of sp³-hybridized carbons (Fsp3) is 0.412. The molecule has 0 aliphatic carbocycles. The number of nitrogens with one attached hydrogen (secondary N) is 1. The van der Waals surface area contributed by atoms with E-state index in [1.54, 1.807) is 6.20 Å². The van der Waals surface area contributed by atoms with E-state index in [0.717, 1.165) is 11.3 Å². The van der Waals surface area contributed by atoms with Crippen LogP contribution in [0, 0.1) is 5.92 Å². The van der Waals surface area contributed by atoms with Crippen LogP contribution in [0.25, 0.3) is 11.3 Å². The van der Waals surface area contributed by atoms with Crippen molar-refractivity contribution in [3.05, 3.63) is 42.4 Å². The Morgan fingerprint density at radius 2 is 2.14 bits per heavy atom. The van der Waals surface area contributed by atoms with E-state index in [2.05, 4.69) is 10.3 Å². The van der Waals surface area contributed by atoms with Crippen molar-refractivity contribution in [1.29, 1.82) is 0 Å². The molecule has 1 amide bonds. The summed E-state index contributed by atoms with van der Waals surface area (Å²) in [5.41, 5.74) is 0.997. The fourth-order valence-electron chi connectivity index (χ4n) is 2.00. The third kappa shape index (κ3) is 5.00. The standard InChI is InChI=1S/C17H22N2O3/c1-13(12-20)10-18-16(21)8-5-9-17-19-11-15(22-17)14-6-3-2-4-7-14/h2-4,6-7,11,13,20H,5,8-10,12H2,1H3,(H,18,21). The molecule has 1 heterocycles. The van der Waals surface area contributed by atoms with Crippen LogP contribution in [0.5, 0.6) is 0 Å². The van der Waals surface area contributed by atoms with Crippen molar-refractivity contribution in [3.63, 3.8) is 0 Å². The van der Waals surface area contributed by atoms with Crippen LogP contribution in [0.2, 0.25) is 0 Å². The van der Waals surface area contributed by atoms with E-state index >= 15 is 0 Å². The summed E-state index contributed by atoms with van der Waals surface area (Å²) in [5.74, 6) is 1.48. The molecule has 0 radical (unpaired) electrons. The number of rotatable bonds is 8. The SMILES string of the molecule is CC(CO)CNC(=O)CCCc1ncc(-c2ccccc2)o1. The van der Waals surface area contributed by atoms with Gasteiger partial charge in [0.05, 0.1) is 6.20 Å². The van der Waals surface area contributed by atoms with E-state index in [-0.39, 0.29) is 18.4 Å². The molecule has 0 bridgehead atoms. The minimum atomic E-state index is -0.00450. The Hall–Kier alpha value is -2.14. The van der Waals surface area contributed by atoms with Crippen molar-refractivity contribution in [2.45, 2.75) is 26.2 Å². The van der Waals surface area contributed by atoms with E-state index in [4.69, 9.17) is 9.52 Å². The van der Waals surface area contributed by atoms with Crippen LogP contribution in [0.15, 0.2) is 40.9 Å². The highest BCUT2D eigenvalue weighted by Crippen LogP contribution is 2.20. The van der Waals surface area contributed by atoms with Crippen molar-refractivity contribution in [3.8, 4) is 11.3 Å². The minimum Gasteiger partial charge on any atom is -0.441 e. The topological polar surface area (TPSA) is 75.4 Å². The van der Waals surface area contributed by atoms with Crippen molar-refractivity contribution in [2.24, 2.45) is 5.92 Å². The van der Waals surface area contributed by atoms with Gasteiger partial charge in [0, 0.05) is 31.6 Å². The molecule has 0 fully saturated rings. The van der Waals surface area contributed by atoms with E-state index < -0.39 is 0 Å². The lowest BCUT2D eigenvalue weighted by Gasteiger charge is -2.09. The zero-order valence-electron chi connectivity index (χ0n) is 12.8. The maximum absolute atomic E-state index is 11.6. The van der Waals surface area contributed by atoms with Gasteiger partial charge in [0.15, 0.2) is 11.7 Å². The number of aliphatic hydroxyl groups excluding tert-OH is 1. The van der Waals surface area contributed by atoms with Crippen LogP contribution in [0.1, 0.15) is 25.7 Å². The molecule has 118 valence electrons. The van der Waals surface area contributed by atoms with Gasteiger partial charge in [-0.25, -0.2) is 4.98 Å². The maximum atomic E-state index is 11.6. The summed E-state index contributed by atoms with van der Waals surface area (Å²) in [6.45, 7) is 2.48. The molecule has 1 unspecified atom stereocenters. The summed E-state index contributed by atoms with van der Waals surface area (Å²) in [5, 5.41) is 11.7. The van der Waals surface area contributed by atoms with Gasteiger partial charge >= 0.3 is 0 Å².